The van der Waals surface area contributed by atoms with E-state index < -0.39 is 0 Å². The standard InChI is InChI=1S/C10H20N6O/c1-15(2)9-12-8(11)13-10(14-9)16(3)6-5-7-17-4/h5-7H2,1-4H3,(H2,11,12,13,14). The molecule has 0 aliphatic carbocycles. The van der Waals surface area contributed by atoms with Gasteiger partial charge in [0.2, 0.25) is 17.8 Å². The second-order valence-corrected chi connectivity index (χ2v) is 3.96. The maximum Gasteiger partial charge on any atom is 0.231 e. The monoisotopic (exact) mass is 240 g/mol. The van der Waals surface area contributed by atoms with E-state index in [1.54, 1.807) is 12.0 Å². The van der Waals surface area contributed by atoms with Gasteiger partial charge in [0, 0.05) is 41.4 Å². The van der Waals surface area contributed by atoms with E-state index in [0.717, 1.165) is 13.0 Å². The molecule has 0 radical (unpaired) electrons. The van der Waals surface area contributed by atoms with Crippen molar-refractivity contribution < 1.29 is 4.74 Å². The third-order valence-electron chi connectivity index (χ3n) is 2.21. The second-order valence-electron chi connectivity index (χ2n) is 3.96. The first kappa shape index (κ1) is 13.4. The Bertz CT molecular complexity index is 357. The third-order valence-corrected chi connectivity index (χ3v) is 2.21. The highest BCUT2D eigenvalue weighted by molar-refractivity contribution is 5.41. The molecular formula is C10H20N6O. The molecule has 0 aliphatic heterocycles. The summed E-state index contributed by atoms with van der Waals surface area (Å²) in [6.07, 6.45) is 0.913. The van der Waals surface area contributed by atoms with Crippen molar-refractivity contribution in [3.05, 3.63) is 0 Å². The highest BCUT2D eigenvalue weighted by atomic mass is 16.5. The van der Waals surface area contributed by atoms with Gasteiger partial charge < -0.3 is 20.3 Å². The summed E-state index contributed by atoms with van der Waals surface area (Å²) in [5.41, 5.74) is 5.65. The van der Waals surface area contributed by atoms with Crippen LogP contribution in [0.1, 0.15) is 6.42 Å². The second kappa shape index (κ2) is 6.19. The van der Waals surface area contributed by atoms with Crippen LogP contribution >= 0.6 is 0 Å². The lowest BCUT2D eigenvalue weighted by atomic mass is 10.4. The van der Waals surface area contributed by atoms with Crippen molar-refractivity contribution in [3.8, 4) is 0 Å². The first-order valence-electron chi connectivity index (χ1n) is 5.43. The fraction of sp³-hybridized carbons (Fsp3) is 0.700. The van der Waals surface area contributed by atoms with Crippen molar-refractivity contribution >= 4 is 17.8 Å². The smallest absolute Gasteiger partial charge is 0.231 e. The number of hydrogen-bond donors (Lipinski definition) is 1. The fourth-order valence-corrected chi connectivity index (χ4v) is 1.29. The van der Waals surface area contributed by atoms with Gasteiger partial charge in [-0.1, -0.05) is 0 Å². The van der Waals surface area contributed by atoms with Crippen molar-refractivity contribution in [2.45, 2.75) is 6.42 Å². The molecule has 0 aromatic carbocycles. The molecule has 96 valence electrons. The van der Waals surface area contributed by atoms with Gasteiger partial charge in [0.25, 0.3) is 0 Å². The molecule has 0 unspecified atom stereocenters. The minimum atomic E-state index is 0.234. The van der Waals surface area contributed by atoms with Crippen molar-refractivity contribution in [1.82, 2.24) is 15.0 Å². The number of rotatable bonds is 6. The average molecular weight is 240 g/mol. The zero-order valence-electron chi connectivity index (χ0n) is 10.8. The van der Waals surface area contributed by atoms with Gasteiger partial charge in [0.15, 0.2) is 0 Å². The van der Waals surface area contributed by atoms with Crippen LogP contribution in [-0.2, 0) is 4.74 Å². The van der Waals surface area contributed by atoms with E-state index in [9.17, 15) is 0 Å². The Kier molecular flexibility index (Phi) is 4.89. The molecular weight excluding hydrogens is 220 g/mol. The summed E-state index contributed by atoms with van der Waals surface area (Å²) in [6, 6.07) is 0. The van der Waals surface area contributed by atoms with E-state index in [2.05, 4.69) is 15.0 Å². The quantitative estimate of drug-likeness (QED) is 0.700. The average Bonchev–Trinajstić information content (AvgIpc) is 2.28. The number of hydrogen-bond acceptors (Lipinski definition) is 7. The van der Waals surface area contributed by atoms with Crippen LogP contribution in [-0.4, -0.2) is 56.4 Å². The molecule has 1 heterocycles. The van der Waals surface area contributed by atoms with E-state index in [0.29, 0.717) is 18.5 Å². The van der Waals surface area contributed by atoms with Crippen LogP contribution < -0.4 is 15.5 Å². The largest absolute Gasteiger partial charge is 0.385 e. The molecule has 7 heteroatoms. The van der Waals surface area contributed by atoms with Gasteiger partial charge in [-0.05, 0) is 6.42 Å². The molecule has 7 nitrogen and oxygen atoms in total. The molecule has 0 fully saturated rings. The summed E-state index contributed by atoms with van der Waals surface area (Å²) < 4.78 is 5.00. The summed E-state index contributed by atoms with van der Waals surface area (Å²) in [5, 5.41) is 0. The van der Waals surface area contributed by atoms with E-state index >= 15 is 0 Å². The number of aromatic nitrogens is 3. The number of nitrogens with two attached hydrogens (primary N) is 1. The minimum Gasteiger partial charge on any atom is -0.385 e. The molecule has 0 saturated carbocycles. The van der Waals surface area contributed by atoms with Crippen molar-refractivity contribution in [2.24, 2.45) is 0 Å². The Morgan fingerprint density at radius 3 is 2.35 bits per heavy atom. The van der Waals surface area contributed by atoms with Crippen LogP contribution in [0.4, 0.5) is 17.8 Å². The van der Waals surface area contributed by atoms with Gasteiger partial charge in [-0.25, -0.2) is 0 Å². The summed E-state index contributed by atoms with van der Waals surface area (Å²) >= 11 is 0. The highest BCUT2D eigenvalue weighted by Gasteiger charge is 2.09. The number of ether oxygens (including phenoxy) is 1. The number of nitrogens with zero attached hydrogens (tertiary/aromatic N) is 5. The van der Waals surface area contributed by atoms with E-state index in [1.807, 2.05) is 26.0 Å². The topological polar surface area (TPSA) is 80.4 Å². The van der Waals surface area contributed by atoms with Gasteiger partial charge in [0.05, 0.1) is 0 Å². The highest BCUT2D eigenvalue weighted by Crippen LogP contribution is 2.12. The van der Waals surface area contributed by atoms with E-state index in [4.69, 9.17) is 10.5 Å². The van der Waals surface area contributed by atoms with Crippen LogP contribution in [0.15, 0.2) is 0 Å². The number of anilines is 3. The summed E-state index contributed by atoms with van der Waals surface area (Å²) in [5.74, 6) is 1.38. The van der Waals surface area contributed by atoms with Crippen LogP contribution in [0.2, 0.25) is 0 Å². The lowest BCUT2D eigenvalue weighted by Crippen LogP contribution is -2.24. The molecule has 0 saturated heterocycles. The number of nitrogen functional groups attached to an aromatic ring is 1. The minimum absolute atomic E-state index is 0.234. The third kappa shape index (κ3) is 4.03. The lowest BCUT2D eigenvalue weighted by molar-refractivity contribution is 0.196. The molecule has 0 bridgehead atoms. The predicted octanol–water partition coefficient (Wildman–Crippen LogP) is -0.00750. The van der Waals surface area contributed by atoms with Gasteiger partial charge in [0.1, 0.15) is 0 Å². The maximum atomic E-state index is 5.65. The Labute approximate surface area is 102 Å². The van der Waals surface area contributed by atoms with Crippen molar-refractivity contribution in [3.63, 3.8) is 0 Å². The van der Waals surface area contributed by atoms with Crippen LogP contribution in [0.5, 0.6) is 0 Å². The molecule has 17 heavy (non-hydrogen) atoms. The Morgan fingerprint density at radius 1 is 1.12 bits per heavy atom. The molecule has 0 amide bonds. The maximum absolute atomic E-state index is 5.65. The Morgan fingerprint density at radius 2 is 1.76 bits per heavy atom. The lowest BCUT2D eigenvalue weighted by Gasteiger charge is -2.18. The van der Waals surface area contributed by atoms with Crippen molar-refractivity contribution in [1.29, 1.82) is 0 Å². The van der Waals surface area contributed by atoms with E-state index in [-0.39, 0.29) is 5.95 Å². The number of methoxy groups -OCH3 is 1. The molecule has 1 aromatic heterocycles. The van der Waals surface area contributed by atoms with Gasteiger partial charge in [-0.2, -0.15) is 15.0 Å². The van der Waals surface area contributed by atoms with Crippen LogP contribution in [0.3, 0.4) is 0 Å². The van der Waals surface area contributed by atoms with Crippen LogP contribution in [0.25, 0.3) is 0 Å². The van der Waals surface area contributed by atoms with Crippen molar-refractivity contribution in [2.75, 3.05) is 56.9 Å². The fourth-order valence-electron chi connectivity index (χ4n) is 1.29. The molecule has 0 aliphatic rings. The molecule has 1 aromatic rings. The van der Waals surface area contributed by atoms with Gasteiger partial charge in [-0.15, -0.1) is 0 Å². The summed E-state index contributed by atoms with van der Waals surface area (Å²) in [6.45, 7) is 1.52. The SMILES string of the molecule is COCCCN(C)c1nc(N)nc(N(C)C)n1. The molecule has 0 spiro atoms. The summed E-state index contributed by atoms with van der Waals surface area (Å²) in [4.78, 5) is 16.2. The first-order valence-corrected chi connectivity index (χ1v) is 5.43. The van der Waals surface area contributed by atoms with E-state index in [1.165, 1.54) is 0 Å². The Hall–Kier alpha value is -1.63. The first-order chi connectivity index (χ1) is 8.04. The van der Waals surface area contributed by atoms with Crippen LogP contribution in [0, 0.1) is 0 Å². The van der Waals surface area contributed by atoms with Gasteiger partial charge >= 0.3 is 0 Å². The zero-order chi connectivity index (χ0) is 12.8. The summed E-state index contributed by atoms with van der Waals surface area (Å²) in [7, 11) is 7.34. The molecule has 1 rings (SSSR count). The predicted molar refractivity (Wildman–Crippen MR) is 68.3 cm³/mol. The normalized spacial score (nSPS) is 10.4. The zero-order valence-corrected chi connectivity index (χ0v) is 10.8. The molecule has 0 atom stereocenters. The van der Waals surface area contributed by atoms with Gasteiger partial charge in [-0.3, -0.25) is 0 Å². The molecule has 2 N–H and O–H groups in total. The Balaban J connectivity index is 2.75.